The molecule has 0 aliphatic carbocycles. The predicted octanol–water partition coefficient (Wildman–Crippen LogP) is 3.43. The van der Waals surface area contributed by atoms with E-state index >= 15 is 0 Å². The summed E-state index contributed by atoms with van der Waals surface area (Å²) in [4.78, 5) is 11.8. The second-order valence-corrected chi connectivity index (χ2v) is 5.23. The van der Waals surface area contributed by atoms with Crippen molar-refractivity contribution in [3.05, 3.63) is 34.9 Å². The zero-order valence-electron chi connectivity index (χ0n) is 11.5. The SMILES string of the molecule is C[C@H](NC(=O)CCCCCCN)c1ccc(Cl)cc1. The van der Waals surface area contributed by atoms with Crippen molar-refractivity contribution in [1.82, 2.24) is 5.32 Å². The molecule has 0 saturated carbocycles. The minimum atomic E-state index is 0.0220. The van der Waals surface area contributed by atoms with Crippen LogP contribution in [-0.4, -0.2) is 12.5 Å². The van der Waals surface area contributed by atoms with Crippen molar-refractivity contribution in [3.63, 3.8) is 0 Å². The fourth-order valence-electron chi connectivity index (χ4n) is 1.93. The molecule has 1 amide bonds. The van der Waals surface area contributed by atoms with Crippen LogP contribution in [0.5, 0.6) is 0 Å². The van der Waals surface area contributed by atoms with Crippen LogP contribution in [0, 0.1) is 0 Å². The second-order valence-electron chi connectivity index (χ2n) is 4.79. The quantitative estimate of drug-likeness (QED) is 0.718. The summed E-state index contributed by atoms with van der Waals surface area (Å²) in [6.07, 6.45) is 4.74. The van der Waals surface area contributed by atoms with Crippen molar-refractivity contribution in [2.75, 3.05) is 6.54 Å². The van der Waals surface area contributed by atoms with Gasteiger partial charge in [0, 0.05) is 11.4 Å². The Hall–Kier alpha value is -1.06. The van der Waals surface area contributed by atoms with E-state index in [9.17, 15) is 4.79 Å². The lowest BCUT2D eigenvalue weighted by atomic mass is 10.1. The molecule has 1 aromatic carbocycles. The molecule has 0 aromatic heterocycles. The maximum absolute atomic E-state index is 11.8. The van der Waals surface area contributed by atoms with Crippen molar-refractivity contribution in [2.24, 2.45) is 5.73 Å². The summed E-state index contributed by atoms with van der Waals surface area (Å²) in [6, 6.07) is 7.58. The highest BCUT2D eigenvalue weighted by molar-refractivity contribution is 6.30. The van der Waals surface area contributed by atoms with E-state index in [4.69, 9.17) is 17.3 Å². The standard InChI is InChI=1S/C15H23ClN2O/c1-12(13-7-9-14(16)10-8-13)18-15(19)6-4-2-3-5-11-17/h7-10,12H,2-6,11,17H2,1H3,(H,18,19)/t12-/m0/s1. The van der Waals surface area contributed by atoms with Gasteiger partial charge in [0.15, 0.2) is 0 Å². The Morgan fingerprint density at radius 3 is 2.47 bits per heavy atom. The first-order chi connectivity index (χ1) is 9.13. The number of hydrogen-bond acceptors (Lipinski definition) is 2. The van der Waals surface area contributed by atoms with E-state index < -0.39 is 0 Å². The molecular weight excluding hydrogens is 260 g/mol. The predicted molar refractivity (Wildman–Crippen MR) is 80.1 cm³/mol. The van der Waals surface area contributed by atoms with Crippen LogP contribution in [0.4, 0.5) is 0 Å². The number of carbonyl (C=O) groups excluding carboxylic acids is 1. The number of halogens is 1. The van der Waals surface area contributed by atoms with Crippen LogP contribution in [0.2, 0.25) is 5.02 Å². The maximum Gasteiger partial charge on any atom is 0.220 e. The average molecular weight is 283 g/mol. The largest absolute Gasteiger partial charge is 0.350 e. The summed E-state index contributed by atoms with van der Waals surface area (Å²) in [5.74, 6) is 0.107. The van der Waals surface area contributed by atoms with Crippen LogP contribution in [0.1, 0.15) is 50.6 Å². The molecule has 106 valence electrons. The van der Waals surface area contributed by atoms with Gasteiger partial charge in [-0.1, -0.05) is 36.6 Å². The first-order valence-electron chi connectivity index (χ1n) is 6.88. The van der Waals surface area contributed by atoms with Crippen LogP contribution >= 0.6 is 11.6 Å². The average Bonchev–Trinajstić information content (AvgIpc) is 2.39. The van der Waals surface area contributed by atoms with Gasteiger partial charge in [0.1, 0.15) is 0 Å². The first-order valence-corrected chi connectivity index (χ1v) is 7.26. The molecule has 0 spiro atoms. The lowest BCUT2D eigenvalue weighted by Gasteiger charge is -2.14. The van der Waals surface area contributed by atoms with Crippen molar-refractivity contribution < 1.29 is 4.79 Å². The Bertz CT molecular complexity index is 378. The van der Waals surface area contributed by atoms with Crippen LogP contribution < -0.4 is 11.1 Å². The molecule has 0 heterocycles. The molecule has 1 rings (SSSR count). The number of hydrogen-bond donors (Lipinski definition) is 2. The number of benzene rings is 1. The number of unbranched alkanes of at least 4 members (excludes halogenated alkanes) is 3. The Labute approximate surface area is 120 Å². The van der Waals surface area contributed by atoms with E-state index in [1.165, 1.54) is 0 Å². The summed E-state index contributed by atoms with van der Waals surface area (Å²) in [7, 11) is 0. The van der Waals surface area contributed by atoms with Gasteiger partial charge >= 0.3 is 0 Å². The van der Waals surface area contributed by atoms with Crippen LogP contribution in [0.25, 0.3) is 0 Å². The fourth-order valence-corrected chi connectivity index (χ4v) is 2.06. The van der Waals surface area contributed by atoms with Gasteiger partial charge in [-0.05, 0) is 44.0 Å². The van der Waals surface area contributed by atoms with Crippen molar-refractivity contribution in [2.45, 2.75) is 45.1 Å². The Kier molecular flexibility index (Phi) is 7.53. The molecule has 0 aliphatic heterocycles. The molecule has 3 N–H and O–H groups in total. The third kappa shape index (κ3) is 6.60. The summed E-state index contributed by atoms with van der Waals surface area (Å²) >= 11 is 5.84. The highest BCUT2D eigenvalue weighted by atomic mass is 35.5. The van der Waals surface area contributed by atoms with E-state index in [0.717, 1.165) is 37.8 Å². The van der Waals surface area contributed by atoms with Gasteiger partial charge in [0.05, 0.1) is 6.04 Å². The summed E-state index contributed by atoms with van der Waals surface area (Å²) in [5.41, 5.74) is 6.49. The smallest absolute Gasteiger partial charge is 0.220 e. The number of nitrogens with one attached hydrogen (secondary N) is 1. The fraction of sp³-hybridized carbons (Fsp3) is 0.533. The van der Waals surface area contributed by atoms with Gasteiger partial charge in [0.2, 0.25) is 5.91 Å². The van der Waals surface area contributed by atoms with Gasteiger partial charge in [-0.3, -0.25) is 4.79 Å². The minimum absolute atomic E-state index is 0.0220. The van der Waals surface area contributed by atoms with Gasteiger partial charge in [0.25, 0.3) is 0 Å². The second kappa shape index (κ2) is 8.94. The van der Waals surface area contributed by atoms with Crippen LogP contribution in [-0.2, 0) is 4.79 Å². The number of carbonyl (C=O) groups is 1. The van der Waals surface area contributed by atoms with Gasteiger partial charge < -0.3 is 11.1 Å². The highest BCUT2D eigenvalue weighted by Crippen LogP contribution is 2.16. The Morgan fingerprint density at radius 1 is 1.21 bits per heavy atom. The zero-order valence-corrected chi connectivity index (χ0v) is 12.2. The van der Waals surface area contributed by atoms with E-state index in [0.29, 0.717) is 11.4 Å². The third-order valence-corrected chi connectivity index (χ3v) is 3.36. The molecule has 0 fully saturated rings. The van der Waals surface area contributed by atoms with Crippen molar-refractivity contribution >= 4 is 17.5 Å². The molecule has 19 heavy (non-hydrogen) atoms. The third-order valence-electron chi connectivity index (χ3n) is 3.11. The van der Waals surface area contributed by atoms with E-state index in [2.05, 4.69) is 5.32 Å². The minimum Gasteiger partial charge on any atom is -0.350 e. The van der Waals surface area contributed by atoms with Crippen LogP contribution in [0.3, 0.4) is 0 Å². The Balaban J connectivity index is 2.26. The summed E-state index contributed by atoms with van der Waals surface area (Å²) in [6.45, 7) is 2.72. The van der Waals surface area contributed by atoms with E-state index in [1.807, 2.05) is 31.2 Å². The van der Waals surface area contributed by atoms with Gasteiger partial charge in [-0.25, -0.2) is 0 Å². The topological polar surface area (TPSA) is 55.1 Å². The molecule has 0 bridgehead atoms. The van der Waals surface area contributed by atoms with Gasteiger partial charge in [-0.15, -0.1) is 0 Å². The normalized spacial score (nSPS) is 12.2. The van der Waals surface area contributed by atoms with Crippen LogP contribution in [0.15, 0.2) is 24.3 Å². The Morgan fingerprint density at radius 2 is 1.84 bits per heavy atom. The highest BCUT2D eigenvalue weighted by Gasteiger charge is 2.08. The van der Waals surface area contributed by atoms with Gasteiger partial charge in [-0.2, -0.15) is 0 Å². The number of nitrogens with two attached hydrogens (primary N) is 1. The molecule has 0 saturated heterocycles. The number of rotatable bonds is 8. The summed E-state index contributed by atoms with van der Waals surface area (Å²) < 4.78 is 0. The molecular formula is C15H23ClN2O. The molecule has 3 nitrogen and oxygen atoms in total. The maximum atomic E-state index is 11.8. The molecule has 0 radical (unpaired) electrons. The molecule has 0 unspecified atom stereocenters. The number of amides is 1. The lowest BCUT2D eigenvalue weighted by molar-refractivity contribution is -0.121. The molecule has 1 aromatic rings. The zero-order chi connectivity index (χ0) is 14.1. The first kappa shape index (κ1) is 16.0. The molecule has 0 aliphatic rings. The van der Waals surface area contributed by atoms with E-state index in [1.54, 1.807) is 0 Å². The molecule has 4 heteroatoms. The monoisotopic (exact) mass is 282 g/mol. The molecule has 1 atom stereocenters. The summed E-state index contributed by atoms with van der Waals surface area (Å²) in [5, 5.41) is 3.71. The van der Waals surface area contributed by atoms with E-state index in [-0.39, 0.29) is 11.9 Å². The van der Waals surface area contributed by atoms with Crippen molar-refractivity contribution in [1.29, 1.82) is 0 Å². The lowest BCUT2D eigenvalue weighted by Crippen LogP contribution is -2.26. The van der Waals surface area contributed by atoms with Crippen molar-refractivity contribution in [3.8, 4) is 0 Å².